The number of hydrogen-bond acceptors (Lipinski definition) is 4. The number of aliphatic hydroxyl groups is 1. The van der Waals surface area contributed by atoms with E-state index in [0.29, 0.717) is 5.69 Å². The van der Waals surface area contributed by atoms with Gasteiger partial charge in [-0.2, -0.15) is 0 Å². The Morgan fingerprint density at radius 1 is 1.29 bits per heavy atom. The number of rotatable bonds is 5. The number of benzene rings is 1. The molecule has 1 rings (SSSR count). The number of aryl methyl sites for hydroxylation is 2. The van der Waals surface area contributed by atoms with Gasteiger partial charge in [-0.1, -0.05) is 12.1 Å². The zero-order chi connectivity index (χ0) is 16.0. The lowest BCUT2D eigenvalue weighted by atomic mass is 10.1. The number of carbonyl (C=O) groups excluding carboxylic acids is 2. The molecule has 0 fully saturated rings. The summed E-state index contributed by atoms with van der Waals surface area (Å²) in [4.78, 5) is 23.5. The van der Waals surface area contributed by atoms with E-state index in [1.165, 1.54) is 14.0 Å². The molecule has 6 heteroatoms. The zero-order valence-electron chi connectivity index (χ0n) is 12.8. The van der Waals surface area contributed by atoms with Crippen LogP contribution in [0.1, 0.15) is 18.1 Å². The molecule has 116 valence electrons. The molecule has 6 nitrogen and oxygen atoms in total. The van der Waals surface area contributed by atoms with Crippen molar-refractivity contribution < 1.29 is 19.4 Å². The van der Waals surface area contributed by atoms with E-state index in [1.54, 1.807) is 6.07 Å². The second kappa shape index (κ2) is 7.19. The predicted molar refractivity (Wildman–Crippen MR) is 80.1 cm³/mol. The van der Waals surface area contributed by atoms with Crippen LogP contribution in [0.5, 0.6) is 0 Å². The van der Waals surface area contributed by atoms with Crippen LogP contribution in [0.4, 0.5) is 5.69 Å². The Kier molecular flexibility index (Phi) is 5.87. The minimum Gasteiger partial charge on any atom is -0.386 e. The lowest BCUT2D eigenvalue weighted by molar-refractivity contribution is -0.137. The van der Waals surface area contributed by atoms with Crippen LogP contribution in [0.25, 0.3) is 0 Å². The Morgan fingerprint density at radius 2 is 1.95 bits per heavy atom. The van der Waals surface area contributed by atoms with E-state index in [1.807, 2.05) is 26.0 Å². The molecule has 0 saturated heterocycles. The largest absolute Gasteiger partial charge is 0.386 e. The van der Waals surface area contributed by atoms with Crippen molar-refractivity contribution in [1.29, 1.82) is 0 Å². The Hall–Kier alpha value is -1.92. The van der Waals surface area contributed by atoms with Crippen molar-refractivity contribution in [2.24, 2.45) is 0 Å². The average molecular weight is 294 g/mol. The van der Waals surface area contributed by atoms with Crippen LogP contribution in [0.3, 0.4) is 0 Å². The molecule has 0 radical (unpaired) electrons. The van der Waals surface area contributed by atoms with Crippen LogP contribution in [-0.2, 0) is 14.3 Å². The van der Waals surface area contributed by atoms with E-state index >= 15 is 0 Å². The van der Waals surface area contributed by atoms with Crippen molar-refractivity contribution in [2.45, 2.75) is 26.4 Å². The third-order valence-electron chi connectivity index (χ3n) is 2.93. The summed E-state index contributed by atoms with van der Waals surface area (Å²) in [6, 6.07) is 5.58. The summed E-state index contributed by atoms with van der Waals surface area (Å²) in [5.41, 5.74) is 1.23. The first kappa shape index (κ1) is 17.1. The summed E-state index contributed by atoms with van der Waals surface area (Å²) in [6.45, 7) is 5.25. The molecule has 0 spiro atoms. The average Bonchev–Trinajstić information content (AvgIpc) is 2.40. The number of amides is 2. The zero-order valence-corrected chi connectivity index (χ0v) is 12.8. The lowest BCUT2D eigenvalue weighted by Gasteiger charge is -2.22. The number of nitrogens with one attached hydrogen (secondary N) is 2. The summed E-state index contributed by atoms with van der Waals surface area (Å²) in [5, 5.41) is 14.8. The fourth-order valence-corrected chi connectivity index (χ4v) is 1.76. The van der Waals surface area contributed by atoms with Gasteiger partial charge in [-0.05, 0) is 38.0 Å². The Labute approximate surface area is 124 Å². The molecule has 1 atom stereocenters. The van der Waals surface area contributed by atoms with Crippen LogP contribution in [0, 0.1) is 13.8 Å². The lowest BCUT2D eigenvalue weighted by Crippen LogP contribution is -2.46. The molecule has 0 aliphatic heterocycles. The molecule has 0 aromatic heterocycles. The topological polar surface area (TPSA) is 87.7 Å². The molecule has 1 aromatic rings. The summed E-state index contributed by atoms with van der Waals surface area (Å²) in [5.74, 6) is -1.57. The van der Waals surface area contributed by atoms with Gasteiger partial charge in [0.2, 0.25) is 0 Å². The number of methoxy groups -OCH3 is 1. The molecule has 1 aromatic carbocycles. The highest BCUT2D eigenvalue weighted by Gasteiger charge is 2.23. The maximum absolute atomic E-state index is 11.8. The molecule has 0 saturated carbocycles. The second-order valence-electron chi connectivity index (χ2n) is 5.39. The number of ether oxygens (including phenoxy) is 1. The Bertz CT molecular complexity index is 526. The van der Waals surface area contributed by atoms with Gasteiger partial charge >= 0.3 is 11.8 Å². The van der Waals surface area contributed by atoms with Crippen molar-refractivity contribution in [3.63, 3.8) is 0 Å². The normalized spacial score (nSPS) is 13.4. The molecule has 2 amide bonds. The fraction of sp³-hybridized carbons (Fsp3) is 0.467. The van der Waals surface area contributed by atoms with Crippen LogP contribution < -0.4 is 10.6 Å². The number of carbonyl (C=O) groups is 2. The molecule has 0 aliphatic carbocycles. The van der Waals surface area contributed by atoms with Crippen LogP contribution in [0.15, 0.2) is 18.2 Å². The van der Waals surface area contributed by atoms with Gasteiger partial charge in [0.25, 0.3) is 0 Å². The van der Waals surface area contributed by atoms with E-state index < -0.39 is 17.4 Å². The number of anilines is 1. The van der Waals surface area contributed by atoms with E-state index in [-0.39, 0.29) is 13.2 Å². The van der Waals surface area contributed by atoms with Gasteiger partial charge in [0.15, 0.2) is 0 Å². The highest BCUT2D eigenvalue weighted by molar-refractivity contribution is 6.39. The Balaban J connectivity index is 2.59. The van der Waals surface area contributed by atoms with Gasteiger partial charge in [-0.25, -0.2) is 0 Å². The van der Waals surface area contributed by atoms with Gasteiger partial charge in [0.05, 0.1) is 6.61 Å². The maximum Gasteiger partial charge on any atom is 0.313 e. The molecular weight excluding hydrogens is 272 g/mol. The smallest absolute Gasteiger partial charge is 0.313 e. The molecule has 0 aliphatic rings. The van der Waals surface area contributed by atoms with E-state index in [2.05, 4.69) is 10.6 Å². The SMILES string of the molecule is COC[C@@](C)(O)CNC(=O)C(=O)Nc1cc(C)ccc1C. The van der Waals surface area contributed by atoms with Gasteiger partial charge in [-0.3, -0.25) is 9.59 Å². The second-order valence-corrected chi connectivity index (χ2v) is 5.39. The fourth-order valence-electron chi connectivity index (χ4n) is 1.76. The summed E-state index contributed by atoms with van der Waals surface area (Å²) < 4.78 is 4.82. The molecule has 0 bridgehead atoms. The summed E-state index contributed by atoms with van der Waals surface area (Å²) in [7, 11) is 1.45. The first-order valence-electron chi connectivity index (χ1n) is 6.63. The van der Waals surface area contributed by atoms with E-state index in [9.17, 15) is 14.7 Å². The maximum atomic E-state index is 11.8. The van der Waals surface area contributed by atoms with Crippen molar-refractivity contribution in [2.75, 3.05) is 25.6 Å². The van der Waals surface area contributed by atoms with Crippen molar-refractivity contribution in [1.82, 2.24) is 5.32 Å². The number of hydrogen-bond donors (Lipinski definition) is 3. The van der Waals surface area contributed by atoms with Gasteiger partial charge < -0.3 is 20.5 Å². The highest BCUT2D eigenvalue weighted by Crippen LogP contribution is 2.16. The van der Waals surface area contributed by atoms with Crippen molar-refractivity contribution in [3.8, 4) is 0 Å². The molecule has 21 heavy (non-hydrogen) atoms. The van der Waals surface area contributed by atoms with Crippen LogP contribution in [-0.4, -0.2) is 42.8 Å². The van der Waals surface area contributed by atoms with Gasteiger partial charge in [0.1, 0.15) is 5.60 Å². The first-order valence-corrected chi connectivity index (χ1v) is 6.63. The minimum atomic E-state index is -1.22. The van der Waals surface area contributed by atoms with Gasteiger partial charge in [-0.15, -0.1) is 0 Å². The molecular formula is C15H22N2O4. The molecule has 3 N–H and O–H groups in total. The monoisotopic (exact) mass is 294 g/mol. The summed E-state index contributed by atoms with van der Waals surface area (Å²) >= 11 is 0. The highest BCUT2D eigenvalue weighted by atomic mass is 16.5. The third kappa shape index (κ3) is 5.53. The first-order chi connectivity index (χ1) is 9.75. The van der Waals surface area contributed by atoms with Crippen LogP contribution >= 0.6 is 0 Å². The molecule has 0 heterocycles. The summed E-state index contributed by atoms with van der Waals surface area (Å²) in [6.07, 6.45) is 0. The van der Waals surface area contributed by atoms with Crippen molar-refractivity contribution >= 4 is 17.5 Å². The molecule has 0 unspecified atom stereocenters. The van der Waals surface area contributed by atoms with Crippen molar-refractivity contribution in [3.05, 3.63) is 29.3 Å². The third-order valence-corrected chi connectivity index (χ3v) is 2.93. The van der Waals surface area contributed by atoms with E-state index in [0.717, 1.165) is 11.1 Å². The van der Waals surface area contributed by atoms with Crippen LogP contribution in [0.2, 0.25) is 0 Å². The quantitative estimate of drug-likeness (QED) is 0.700. The predicted octanol–water partition coefficient (Wildman–Crippen LogP) is 0.756. The van der Waals surface area contributed by atoms with Gasteiger partial charge in [0, 0.05) is 19.3 Å². The minimum absolute atomic E-state index is 0.0614. The standard InChI is InChI=1S/C15H22N2O4/c1-10-5-6-11(2)12(7-10)17-14(19)13(18)16-8-15(3,20)9-21-4/h5-7,20H,8-9H2,1-4H3,(H,16,18)(H,17,19)/t15-/m0/s1. The van der Waals surface area contributed by atoms with E-state index in [4.69, 9.17) is 4.74 Å². The Morgan fingerprint density at radius 3 is 2.57 bits per heavy atom.